The van der Waals surface area contributed by atoms with Gasteiger partial charge in [0.05, 0.1) is 6.61 Å². The van der Waals surface area contributed by atoms with E-state index in [1.165, 1.54) is 27.5 Å². The molecular formula is C22H25NO. The molecular weight excluding hydrogens is 294 g/mol. The van der Waals surface area contributed by atoms with Crippen LogP contribution in [0.5, 0.6) is 5.75 Å². The van der Waals surface area contributed by atoms with Gasteiger partial charge in [-0.1, -0.05) is 48.5 Å². The standard InChI is InChI=1S/C22H25NO/c1-16-10-11-20(14-17(16)2)24-13-12-19(15-23)22-9-5-7-18-6-3-4-8-21(18)22/h3-11,14,19H,12-13,15,23H2,1-2H3. The van der Waals surface area contributed by atoms with Crippen molar-refractivity contribution in [2.45, 2.75) is 26.2 Å². The highest BCUT2D eigenvalue weighted by Gasteiger charge is 2.13. The van der Waals surface area contributed by atoms with Gasteiger partial charge in [0.25, 0.3) is 0 Å². The molecule has 2 nitrogen and oxygen atoms in total. The van der Waals surface area contributed by atoms with Gasteiger partial charge >= 0.3 is 0 Å². The molecule has 24 heavy (non-hydrogen) atoms. The lowest BCUT2D eigenvalue weighted by Crippen LogP contribution is -2.16. The third kappa shape index (κ3) is 3.60. The molecule has 1 atom stereocenters. The largest absolute Gasteiger partial charge is 0.494 e. The van der Waals surface area contributed by atoms with E-state index in [0.29, 0.717) is 19.1 Å². The summed E-state index contributed by atoms with van der Waals surface area (Å²) in [7, 11) is 0. The van der Waals surface area contributed by atoms with Crippen molar-refractivity contribution in [3.63, 3.8) is 0 Å². The van der Waals surface area contributed by atoms with Crippen molar-refractivity contribution < 1.29 is 4.74 Å². The number of benzene rings is 3. The van der Waals surface area contributed by atoms with Crippen molar-refractivity contribution in [3.05, 3.63) is 77.4 Å². The van der Waals surface area contributed by atoms with Crippen LogP contribution in [0.3, 0.4) is 0 Å². The van der Waals surface area contributed by atoms with Crippen LogP contribution in [-0.4, -0.2) is 13.2 Å². The molecule has 124 valence electrons. The maximum absolute atomic E-state index is 6.06. The zero-order valence-electron chi connectivity index (χ0n) is 14.5. The highest BCUT2D eigenvalue weighted by atomic mass is 16.5. The predicted molar refractivity (Wildman–Crippen MR) is 102 cm³/mol. The van der Waals surface area contributed by atoms with Gasteiger partial charge < -0.3 is 10.5 Å². The van der Waals surface area contributed by atoms with E-state index in [4.69, 9.17) is 10.5 Å². The molecule has 0 bridgehead atoms. The van der Waals surface area contributed by atoms with Crippen LogP contribution < -0.4 is 10.5 Å². The Morgan fingerprint density at radius 1 is 0.917 bits per heavy atom. The summed E-state index contributed by atoms with van der Waals surface area (Å²) in [5.41, 5.74) is 9.93. The monoisotopic (exact) mass is 319 g/mol. The Labute approximate surface area is 144 Å². The molecule has 3 aromatic carbocycles. The van der Waals surface area contributed by atoms with Crippen LogP contribution in [0, 0.1) is 13.8 Å². The van der Waals surface area contributed by atoms with Crippen molar-refractivity contribution >= 4 is 10.8 Å². The molecule has 0 aliphatic heterocycles. The van der Waals surface area contributed by atoms with Crippen LogP contribution in [0.15, 0.2) is 60.7 Å². The molecule has 2 N–H and O–H groups in total. The lowest BCUT2D eigenvalue weighted by molar-refractivity contribution is 0.298. The molecule has 0 radical (unpaired) electrons. The van der Waals surface area contributed by atoms with Gasteiger partial charge in [0.15, 0.2) is 0 Å². The van der Waals surface area contributed by atoms with Crippen LogP contribution in [0.2, 0.25) is 0 Å². The van der Waals surface area contributed by atoms with E-state index in [1.54, 1.807) is 0 Å². The highest BCUT2D eigenvalue weighted by molar-refractivity contribution is 5.86. The fraction of sp³-hybridized carbons (Fsp3) is 0.273. The molecule has 0 aliphatic rings. The first-order valence-electron chi connectivity index (χ1n) is 8.57. The number of hydrogen-bond donors (Lipinski definition) is 1. The summed E-state index contributed by atoms with van der Waals surface area (Å²) < 4.78 is 5.95. The first-order chi connectivity index (χ1) is 11.7. The minimum absolute atomic E-state index is 0.308. The topological polar surface area (TPSA) is 35.2 Å². The molecule has 3 rings (SSSR count). The Kier molecular flexibility index (Phi) is 5.17. The predicted octanol–water partition coefficient (Wildman–Crippen LogP) is 4.97. The number of ether oxygens (including phenoxy) is 1. The summed E-state index contributed by atoms with van der Waals surface area (Å²) in [4.78, 5) is 0. The molecule has 0 saturated carbocycles. The summed E-state index contributed by atoms with van der Waals surface area (Å²) in [5, 5.41) is 2.56. The Hall–Kier alpha value is -2.32. The number of hydrogen-bond acceptors (Lipinski definition) is 2. The smallest absolute Gasteiger partial charge is 0.119 e. The van der Waals surface area contributed by atoms with Crippen LogP contribution in [0.1, 0.15) is 29.0 Å². The summed E-state index contributed by atoms with van der Waals surface area (Å²) >= 11 is 0. The zero-order chi connectivity index (χ0) is 16.9. The van der Waals surface area contributed by atoms with Gasteiger partial charge in [0, 0.05) is 0 Å². The molecule has 0 spiro atoms. The number of fused-ring (bicyclic) bond motifs is 1. The third-order valence-corrected chi connectivity index (χ3v) is 4.76. The van der Waals surface area contributed by atoms with Gasteiger partial charge in [0.1, 0.15) is 5.75 Å². The highest BCUT2D eigenvalue weighted by Crippen LogP contribution is 2.27. The summed E-state index contributed by atoms with van der Waals surface area (Å²) in [5.74, 6) is 1.24. The van der Waals surface area contributed by atoms with E-state index in [1.807, 2.05) is 6.07 Å². The maximum atomic E-state index is 6.06. The molecule has 3 aromatic rings. The second-order valence-corrected chi connectivity index (χ2v) is 6.38. The van der Waals surface area contributed by atoms with E-state index in [0.717, 1.165) is 12.2 Å². The number of nitrogens with two attached hydrogens (primary N) is 1. The van der Waals surface area contributed by atoms with Crippen LogP contribution in [-0.2, 0) is 0 Å². The zero-order valence-corrected chi connectivity index (χ0v) is 14.5. The van der Waals surface area contributed by atoms with Crippen molar-refractivity contribution in [3.8, 4) is 5.75 Å². The van der Waals surface area contributed by atoms with Gasteiger partial charge in [0.2, 0.25) is 0 Å². The van der Waals surface area contributed by atoms with Gasteiger partial charge in [-0.3, -0.25) is 0 Å². The number of aryl methyl sites for hydroxylation is 2. The summed E-state index contributed by atoms with van der Waals surface area (Å²) in [6.07, 6.45) is 0.914. The lowest BCUT2D eigenvalue weighted by atomic mass is 9.91. The van der Waals surface area contributed by atoms with Gasteiger partial charge in [-0.15, -0.1) is 0 Å². The molecule has 0 amide bonds. The van der Waals surface area contributed by atoms with E-state index >= 15 is 0 Å². The third-order valence-electron chi connectivity index (χ3n) is 4.76. The SMILES string of the molecule is Cc1ccc(OCCC(CN)c2cccc3ccccc23)cc1C. The Morgan fingerprint density at radius 2 is 1.71 bits per heavy atom. The Balaban J connectivity index is 1.71. The molecule has 0 saturated heterocycles. The summed E-state index contributed by atoms with van der Waals surface area (Å²) in [6, 6.07) is 21.2. The fourth-order valence-electron chi connectivity index (χ4n) is 3.13. The lowest BCUT2D eigenvalue weighted by Gasteiger charge is -2.18. The molecule has 0 aliphatic carbocycles. The average molecular weight is 319 g/mol. The second-order valence-electron chi connectivity index (χ2n) is 6.38. The first-order valence-corrected chi connectivity index (χ1v) is 8.57. The van der Waals surface area contributed by atoms with Gasteiger partial charge in [-0.2, -0.15) is 0 Å². The van der Waals surface area contributed by atoms with Crippen LogP contribution in [0.4, 0.5) is 0 Å². The second kappa shape index (κ2) is 7.50. The molecule has 2 heteroatoms. The number of rotatable bonds is 6. The van der Waals surface area contributed by atoms with Crippen molar-refractivity contribution in [1.82, 2.24) is 0 Å². The van der Waals surface area contributed by atoms with Crippen molar-refractivity contribution in [2.75, 3.05) is 13.2 Å². The maximum Gasteiger partial charge on any atom is 0.119 e. The van der Waals surface area contributed by atoms with Gasteiger partial charge in [-0.25, -0.2) is 0 Å². The van der Waals surface area contributed by atoms with E-state index in [-0.39, 0.29) is 0 Å². The molecule has 0 heterocycles. The Bertz CT molecular complexity index is 820. The summed E-state index contributed by atoms with van der Waals surface area (Å²) in [6.45, 7) is 5.53. The fourth-order valence-corrected chi connectivity index (χ4v) is 3.13. The minimum Gasteiger partial charge on any atom is -0.494 e. The van der Waals surface area contributed by atoms with Crippen LogP contribution >= 0.6 is 0 Å². The molecule has 0 fully saturated rings. The quantitative estimate of drug-likeness (QED) is 0.696. The normalized spacial score (nSPS) is 12.3. The van der Waals surface area contributed by atoms with Crippen molar-refractivity contribution in [1.29, 1.82) is 0 Å². The van der Waals surface area contributed by atoms with E-state index < -0.39 is 0 Å². The minimum atomic E-state index is 0.308. The van der Waals surface area contributed by atoms with Gasteiger partial charge in [-0.05, 0) is 72.3 Å². The van der Waals surface area contributed by atoms with E-state index in [2.05, 4.69) is 68.4 Å². The van der Waals surface area contributed by atoms with E-state index in [9.17, 15) is 0 Å². The molecule has 0 aromatic heterocycles. The van der Waals surface area contributed by atoms with Crippen LogP contribution in [0.25, 0.3) is 10.8 Å². The Morgan fingerprint density at radius 3 is 2.50 bits per heavy atom. The average Bonchev–Trinajstić information content (AvgIpc) is 2.61. The van der Waals surface area contributed by atoms with Crippen molar-refractivity contribution in [2.24, 2.45) is 5.73 Å². The first kappa shape index (κ1) is 16.5. The molecule has 1 unspecified atom stereocenters.